The van der Waals surface area contributed by atoms with Crippen LogP contribution in [0.15, 0.2) is 18.2 Å². The molecular weight excluding hydrogens is 186 g/mol. The molecule has 0 bridgehead atoms. The molecule has 0 amide bonds. The lowest BCUT2D eigenvalue weighted by Crippen LogP contribution is -2.28. The molecule has 1 aromatic carbocycles. The largest absolute Gasteiger partial charge is 0.329 e. The van der Waals surface area contributed by atoms with Gasteiger partial charge in [0.25, 0.3) is 0 Å². The number of nitrogens with two attached hydrogens (primary N) is 1. The maximum atomic E-state index is 13.3. The minimum atomic E-state index is -0.831. The fraction of sp³-hybridized carbons (Fsp3) is 0.400. The predicted molar refractivity (Wildman–Crippen MR) is 51.8 cm³/mol. The normalized spacial score (nSPS) is 13.3. The van der Waals surface area contributed by atoms with E-state index in [4.69, 9.17) is 5.73 Å². The quantitative estimate of drug-likeness (QED) is 0.801. The van der Waals surface area contributed by atoms with E-state index in [-0.39, 0.29) is 12.6 Å². The molecule has 0 aliphatic heterocycles. The lowest BCUT2D eigenvalue weighted by Gasteiger charge is -2.23. The predicted octanol–water partition coefficient (Wildman–Crippen LogP) is 1.53. The van der Waals surface area contributed by atoms with Gasteiger partial charge < -0.3 is 10.6 Å². The first-order chi connectivity index (χ1) is 6.57. The average molecular weight is 200 g/mol. The number of rotatable bonds is 3. The molecule has 0 saturated carbocycles. The molecule has 2 nitrogen and oxygen atoms in total. The van der Waals surface area contributed by atoms with Crippen LogP contribution in [0.4, 0.5) is 8.78 Å². The van der Waals surface area contributed by atoms with Crippen molar-refractivity contribution < 1.29 is 8.78 Å². The summed E-state index contributed by atoms with van der Waals surface area (Å²) in [6, 6.07) is 3.85. The van der Waals surface area contributed by atoms with Gasteiger partial charge in [0.15, 0.2) is 11.6 Å². The summed E-state index contributed by atoms with van der Waals surface area (Å²) in [6.45, 7) is 0.257. The Bertz CT molecular complexity index is 313. The van der Waals surface area contributed by atoms with Gasteiger partial charge in [0.05, 0.1) is 0 Å². The summed E-state index contributed by atoms with van der Waals surface area (Å²) >= 11 is 0. The van der Waals surface area contributed by atoms with E-state index in [9.17, 15) is 8.78 Å². The van der Waals surface area contributed by atoms with Crippen molar-refractivity contribution in [1.82, 2.24) is 4.90 Å². The van der Waals surface area contributed by atoms with Crippen LogP contribution in [0.1, 0.15) is 11.6 Å². The SMILES string of the molecule is CN(C)C(CN)c1cccc(F)c1F. The second-order valence-electron chi connectivity index (χ2n) is 3.36. The second kappa shape index (κ2) is 4.48. The Balaban J connectivity index is 3.10. The zero-order chi connectivity index (χ0) is 10.7. The van der Waals surface area contributed by atoms with Crippen LogP contribution in [-0.2, 0) is 0 Å². The Hall–Kier alpha value is -1.00. The van der Waals surface area contributed by atoms with Crippen LogP contribution in [0, 0.1) is 11.6 Å². The van der Waals surface area contributed by atoms with Gasteiger partial charge >= 0.3 is 0 Å². The maximum Gasteiger partial charge on any atom is 0.163 e. The molecule has 1 unspecified atom stereocenters. The first-order valence-electron chi connectivity index (χ1n) is 4.38. The van der Waals surface area contributed by atoms with Gasteiger partial charge in [-0.05, 0) is 20.2 Å². The summed E-state index contributed by atoms with van der Waals surface area (Å²) in [5, 5.41) is 0. The molecule has 0 saturated heterocycles. The topological polar surface area (TPSA) is 29.3 Å². The van der Waals surface area contributed by atoms with Crippen LogP contribution in [0.25, 0.3) is 0 Å². The van der Waals surface area contributed by atoms with Gasteiger partial charge in [0.1, 0.15) is 0 Å². The van der Waals surface area contributed by atoms with Crippen LogP contribution in [-0.4, -0.2) is 25.5 Å². The number of benzene rings is 1. The van der Waals surface area contributed by atoms with E-state index in [0.29, 0.717) is 5.56 Å². The highest BCUT2D eigenvalue weighted by atomic mass is 19.2. The summed E-state index contributed by atoms with van der Waals surface area (Å²) in [6.07, 6.45) is 0. The second-order valence-corrected chi connectivity index (χ2v) is 3.36. The first kappa shape index (κ1) is 11.1. The monoisotopic (exact) mass is 200 g/mol. The Morgan fingerprint density at radius 1 is 1.36 bits per heavy atom. The molecule has 2 N–H and O–H groups in total. The Morgan fingerprint density at radius 3 is 2.50 bits per heavy atom. The molecule has 0 aliphatic rings. The number of halogens is 2. The fourth-order valence-electron chi connectivity index (χ4n) is 1.39. The van der Waals surface area contributed by atoms with Gasteiger partial charge in [0, 0.05) is 18.2 Å². The Morgan fingerprint density at radius 2 is 2.00 bits per heavy atom. The van der Waals surface area contributed by atoms with Crippen LogP contribution in [0.2, 0.25) is 0 Å². The van der Waals surface area contributed by atoms with E-state index in [1.807, 2.05) is 0 Å². The molecular formula is C10H14F2N2. The van der Waals surface area contributed by atoms with Gasteiger partial charge in [-0.15, -0.1) is 0 Å². The van der Waals surface area contributed by atoms with Gasteiger partial charge in [-0.3, -0.25) is 0 Å². The zero-order valence-corrected chi connectivity index (χ0v) is 8.30. The molecule has 0 aromatic heterocycles. The summed E-state index contributed by atoms with van der Waals surface area (Å²) < 4.78 is 26.2. The first-order valence-corrected chi connectivity index (χ1v) is 4.38. The van der Waals surface area contributed by atoms with E-state index in [1.54, 1.807) is 25.1 Å². The summed E-state index contributed by atoms with van der Waals surface area (Å²) in [5.41, 5.74) is 5.80. The molecule has 0 radical (unpaired) electrons. The molecule has 4 heteroatoms. The van der Waals surface area contributed by atoms with Gasteiger partial charge in [-0.2, -0.15) is 0 Å². The van der Waals surface area contributed by atoms with Crippen LogP contribution in [0.3, 0.4) is 0 Å². The van der Waals surface area contributed by atoms with E-state index >= 15 is 0 Å². The molecule has 78 valence electrons. The standard InChI is InChI=1S/C10H14F2N2/c1-14(2)9(6-13)7-4-3-5-8(11)10(7)12/h3-5,9H,6,13H2,1-2H3. The van der Waals surface area contributed by atoms with Gasteiger partial charge in [0.2, 0.25) is 0 Å². The molecule has 0 heterocycles. The average Bonchev–Trinajstić information content (AvgIpc) is 2.13. The molecule has 1 atom stereocenters. The molecule has 0 fully saturated rings. The third-order valence-corrected chi connectivity index (χ3v) is 2.19. The van der Waals surface area contributed by atoms with Crippen LogP contribution < -0.4 is 5.73 Å². The molecule has 1 rings (SSSR count). The highest BCUT2D eigenvalue weighted by Gasteiger charge is 2.18. The number of likely N-dealkylation sites (N-methyl/N-ethyl adjacent to an activating group) is 1. The van der Waals surface area contributed by atoms with Crippen LogP contribution in [0.5, 0.6) is 0 Å². The van der Waals surface area contributed by atoms with E-state index in [2.05, 4.69) is 0 Å². The van der Waals surface area contributed by atoms with Crippen molar-refractivity contribution in [3.63, 3.8) is 0 Å². The summed E-state index contributed by atoms with van der Waals surface area (Å²) in [4.78, 5) is 1.76. The Kier molecular flexibility index (Phi) is 3.55. The van der Waals surface area contributed by atoms with Crippen molar-refractivity contribution in [2.24, 2.45) is 5.73 Å². The molecule has 1 aromatic rings. The lowest BCUT2D eigenvalue weighted by atomic mass is 10.1. The van der Waals surface area contributed by atoms with Gasteiger partial charge in [-0.1, -0.05) is 12.1 Å². The fourth-order valence-corrected chi connectivity index (χ4v) is 1.39. The summed E-state index contributed by atoms with van der Waals surface area (Å²) in [7, 11) is 3.56. The smallest absolute Gasteiger partial charge is 0.163 e. The highest BCUT2D eigenvalue weighted by molar-refractivity contribution is 5.22. The van der Waals surface area contributed by atoms with Crippen molar-refractivity contribution in [1.29, 1.82) is 0 Å². The highest BCUT2D eigenvalue weighted by Crippen LogP contribution is 2.21. The summed E-state index contributed by atoms with van der Waals surface area (Å²) in [5.74, 6) is -1.64. The van der Waals surface area contributed by atoms with Gasteiger partial charge in [-0.25, -0.2) is 8.78 Å². The minimum absolute atomic E-state index is 0.257. The molecule has 0 aliphatic carbocycles. The van der Waals surface area contributed by atoms with Crippen molar-refractivity contribution in [3.05, 3.63) is 35.4 Å². The van der Waals surface area contributed by atoms with Crippen molar-refractivity contribution in [2.75, 3.05) is 20.6 Å². The molecule has 14 heavy (non-hydrogen) atoms. The third kappa shape index (κ3) is 2.08. The maximum absolute atomic E-state index is 13.3. The van der Waals surface area contributed by atoms with Crippen molar-refractivity contribution in [3.8, 4) is 0 Å². The van der Waals surface area contributed by atoms with E-state index in [1.165, 1.54) is 6.07 Å². The van der Waals surface area contributed by atoms with Crippen molar-refractivity contribution in [2.45, 2.75) is 6.04 Å². The minimum Gasteiger partial charge on any atom is -0.329 e. The van der Waals surface area contributed by atoms with Crippen molar-refractivity contribution >= 4 is 0 Å². The Labute approximate surface area is 82.3 Å². The lowest BCUT2D eigenvalue weighted by molar-refractivity contribution is 0.295. The van der Waals surface area contributed by atoms with E-state index < -0.39 is 11.6 Å². The van der Waals surface area contributed by atoms with Crippen LogP contribution >= 0.6 is 0 Å². The molecule has 0 spiro atoms. The number of hydrogen-bond acceptors (Lipinski definition) is 2. The zero-order valence-electron chi connectivity index (χ0n) is 8.30. The number of nitrogens with zero attached hydrogens (tertiary/aromatic N) is 1. The third-order valence-electron chi connectivity index (χ3n) is 2.19. The van der Waals surface area contributed by atoms with E-state index in [0.717, 1.165) is 6.07 Å². The number of hydrogen-bond donors (Lipinski definition) is 1.